The molecule has 3 N–H and O–H groups in total. The molecule has 4 nitrogen and oxygen atoms in total. The van der Waals surface area contributed by atoms with E-state index >= 15 is 0 Å². The number of methoxy groups -OCH3 is 1. The van der Waals surface area contributed by atoms with Gasteiger partial charge in [-0.3, -0.25) is 0 Å². The summed E-state index contributed by atoms with van der Waals surface area (Å²) in [6.07, 6.45) is 0.569. The van der Waals surface area contributed by atoms with Crippen LogP contribution in [-0.2, 0) is 0 Å². The average Bonchev–Trinajstić information content (AvgIpc) is 2.46. The molecule has 2 aromatic carbocycles. The van der Waals surface area contributed by atoms with Gasteiger partial charge in [0.05, 0.1) is 7.11 Å². The second-order valence-corrected chi connectivity index (χ2v) is 4.95. The van der Waals surface area contributed by atoms with Gasteiger partial charge in [-0.1, -0.05) is 18.2 Å². The van der Waals surface area contributed by atoms with Crippen molar-refractivity contribution in [1.82, 2.24) is 0 Å². The smallest absolute Gasteiger partial charge is 0.128 e. The number of nitrogens with two attached hydrogens (primary N) is 1. The molecule has 1 aliphatic heterocycles. The second kappa shape index (κ2) is 5.06. The van der Waals surface area contributed by atoms with E-state index in [1.807, 2.05) is 30.3 Å². The molecule has 4 heteroatoms. The third-order valence-corrected chi connectivity index (χ3v) is 3.60. The minimum Gasteiger partial charge on any atom is -0.508 e. The Balaban J connectivity index is 1.94. The van der Waals surface area contributed by atoms with E-state index in [1.165, 1.54) is 0 Å². The Morgan fingerprint density at radius 1 is 1.25 bits per heavy atom. The lowest BCUT2D eigenvalue weighted by atomic mass is 9.93. The fourth-order valence-electron chi connectivity index (χ4n) is 2.54. The first-order valence-corrected chi connectivity index (χ1v) is 6.56. The molecule has 0 amide bonds. The molecule has 1 aliphatic rings. The molecule has 2 aromatic rings. The first-order valence-electron chi connectivity index (χ1n) is 6.56. The summed E-state index contributed by atoms with van der Waals surface area (Å²) in [7, 11) is 1.64. The molecule has 2 atom stereocenters. The van der Waals surface area contributed by atoms with E-state index in [-0.39, 0.29) is 17.9 Å². The summed E-state index contributed by atoms with van der Waals surface area (Å²) >= 11 is 0. The topological polar surface area (TPSA) is 64.7 Å². The van der Waals surface area contributed by atoms with E-state index in [1.54, 1.807) is 19.2 Å². The van der Waals surface area contributed by atoms with Gasteiger partial charge in [-0.25, -0.2) is 0 Å². The van der Waals surface area contributed by atoms with Gasteiger partial charge in [0.15, 0.2) is 0 Å². The molecule has 0 radical (unpaired) electrons. The predicted molar refractivity (Wildman–Crippen MR) is 76.0 cm³/mol. The van der Waals surface area contributed by atoms with Crippen LogP contribution in [0.5, 0.6) is 17.2 Å². The summed E-state index contributed by atoms with van der Waals surface area (Å²) in [5.74, 6) is 1.63. The standard InChI is InChI=1S/C16H17NO3/c1-19-12-4-2-3-10(7-12)15-9-14(17)13-6-5-11(18)8-16(13)20-15/h2-8,14-15,18H,9,17H2,1H3/t14-,15-/m1/s1. The fourth-order valence-corrected chi connectivity index (χ4v) is 2.54. The number of phenolic OH excluding ortho intramolecular Hbond substituents is 1. The van der Waals surface area contributed by atoms with Crippen molar-refractivity contribution in [3.05, 3.63) is 53.6 Å². The van der Waals surface area contributed by atoms with E-state index in [9.17, 15) is 5.11 Å². The number of aromatic hydroxyl groups is 1. The van der Waals surface area contributed by atoms with Gasteiger partial charge in [-0.05, 0) is 23.8 Å². The van der Waals surface area contributed by atoms with Crippen molar-refractivity contribution < 1.29 is 14.6 Å². The maximum absolute atomic E-state index is 9.57. The minimum absolute atomic E-state index is 0.101. The summed E-state index contributed by atoms with van der Waals surface area (Å²) in [5, 5.41) is 9.57. The van der Waals surface area contributed by atoms with Gasteiger partial charge < -0.3 is 20.3 Å². The largest absolute Gasteiger partial charge is 0.508 e. The van der Waals surface area contributed by atoms with Gasteiger partial charge in [0.1, 0.15) is 23.4 Å². The Morgan fingerprint density at radius 2 is 2.10 bits per heavy atom. The minimum atomic E-state index is -0.130. The molecule has 1 heterocycles. The maximum atomic E-state index is 9.57. The van der Waals surface area contributed by atoms with Crippen LogP contribution in [-0.4, -0.2) is 12.2 Å². The maximum Gasteiger partial charge on any atom is 0.128 e. The SMILES string of the molecule is COc1cccc([C@H]2C[C@@H](N)c3ccc(O)cc3O2)c1. The lowest BCUT2D eigenvalue weighted by Gasteiger charge is -2.30. The molecule has 0 fully saturated rings. The van der Waals surface area contributed by atoms with Crippen LogP contribution in [0, 0.1) is 0 Å². The molecule has 0 unspecified atom stereocenters. The highest BCUT2D eigenvalue weighted by atomic mass is 16.5. The molecule has 3 rings (SSSR count). The third-order valence-electron chi connectivity index (χ3n) is 3.60. The van der Waals surface area contributed by atoms with Crippen LogP contribution in [0.1, 0.15) is 29.7 Å². The predicted octanol–water partition coefficient (Wildman–Crippen LogP) is 2.92. The Hall–Kier alpha value is -2.20. The van der Waals surface area contributed by atoms with Crippen molar-refractivity contribution in [3.63, 3.8) is 0 Å². The van der Waals surface area contributed by atoms with Gasteiger partial charge in [0.25, 0.3) is 0 Å². The zero-order chi connectivity index (χ0) is 14.1. The van der Waals surface area contributed by atoms with Gasteiger partial charge in [0, 0.05) is 24.1 Å². The van der Waals surface area contributed by atoms with Gasteiger partial charge in [0.2, 0.25) is 0 Å². The average molecular weight is 271 g/mol. The Morgan fingerprint density at radius 3 is 2.90 bits per heavy atom. The number of ether oxygens (including phenoxy) is 2. The van der Waals surface area contributed by atoms with Crippen molar-refractivity contribution in [1.29, 1.82) is 0 Å². The summed E-state index contributed by atoms with van der Waals surface area (Å²) in [6.45, 7) is 0. The van der Waals surface area contributed by atoms with Crippen LogP contribution >= 0.6 is 0 Å². The van der Waals surface area contributed by atoms with Crippen molar-refractivity contribution in [2.45, 2.75) is 18.6 Å². The van der Waals surface area contributed by atoms with E-state index < -0.39 is 0 Å². The van der Waals surface area contributed by atoms with Crippen molar-refractivity contribution in [2.24, 2.45) is 5.73 Å². The summed E-state index contributed by atoms with van der Waals surface area (Å²) < 4.78 is 11.2. The fraction of sp³-hybridized carbons (Fsp3) is 0.250. The number of benzene rings is 2. The first kappa shape index (κ1) is 12.8. The second-order valence-electron chi connectivity index (χ2n) is 4.95. The van der Waals surface area contributed by atoms with Crippen LogP contribution in [0.4, 0.5) is 0 Å². The van der Waals surface area contributed by atoms with Crippen molar-refractivity contribution >= 4 is 0 Å². The lowest BCUT2D eigenvalue weighted by Crippen LogP contribution is -2.24. The summed E-state index contributed by atoms with van der Waals surface area (Å²) in [5.41, 5.74) is 8.16. The third kappa shape index (κ3) is 2.30. The number of rotatable bonds is 2. The van der Waals surface area contributed by atoms with Crippen LogP contribution in [0.15, 0.2) is 42.5 Å². The first-order chi connectivity index (χ1) is 9.67. The number of phenols is 1. The Kier molecular flexibility index (Phi) is 3.24. The van der Waals surface area contributed by atoms with Crippen LogP contribution < -0.4 is 15.2 Å². The molecule has 0 spiro atoms. The van der Waals surface area contributed by atoms with E-state index in [2.05, 4.69) is 0 Å². The molecule has 0 bridgehead atoms. The molecular formula is C16H17NO3. The number of hydrogen-bond acceptors (Lipinski definition) is 4. The monoisotopic (exact) mass is 271 g/mol. The number of hydrogen-bond donors (Lipinski definition) is 2. The van der Waals surface area contributed by atoms with E-state index in [0.717, 1.165) is 16.9 Å². The molecule has 0 saturated carbocycles. The Bertz CT molecular complexity index is 627. The zero-order valence-corrected chi connectivity index (χ0v) is 11.2. The highest BCUT2D eigenvalue weighted by Crippen LogP contribution is 2.41. The number of fused-ring (bicyclic) bond motifs is 1. The van der Waals surface area contributed by atoms with Crippen molar-refractivity contribution in [3.8, 4) is 17.2 Å². The van der Waals surface area contributed by atoms with E-state index in [4.69, 9.17) is 15.2 Å². The molecular weight excluding hydrogens is 254 g/mol. The zero-order valence-electron chi connectivity index (χ0n) is 11.2. The molecule has 0 aliphatic carbocycles. The van der Waals surface area contributed by atoms with Crippen LogP contribution in [0.3, 0.4) is 0 Å². The molecule has 0 aromatic heterocycles. The van der Waals surface area contributed by atoms with Gasteiger partial charge >= 0.3 is 0 Å². The van der Waals surface area contributed by atoms with E-state index in [0.29, 0.717) is 12.2 Å². The van der Waals surface area contributed by atoms with Crippen molar-refractivity contribution in [2.75, 3.05) is 7.11 Å². The molecule has 0 saturated heterocycles. The highest BCUT2D eigenvalue weighted by Gasteiger charge is 2.27. The highest BCUT2D eigenvalue weighted by molar-refractivity contribution is 5.44. The quantitative estimate of drug-likeness (QED) is 0.881. The Labute approximate surface area is 117 Å². The lowest BCUT2D eigenvalue weighted by molar-refractivity contribution is 0.160. The van der Waals surface area contributed by atoms with Gasteiger partial charge in [-0.15, -0.1) is 0 Å². The summed E-state index contributed by atoms with van der Waals surface area (Å²) in [6, 6.07) is 12.7. The van der Waals surface area contributed by atoms with Gasteiger partial charge in [-0.2, -0.15) is 0 Å². The summed E-state index contributed by atoms with van der Waals surface area (Å²) in [4.78, 5) is 0. The van der Waals surface area contributed by atoms with Crippen LogP contribution in [0.25, 0.3) is 0 Å². The van der Waals surface area contributed by atoms with Crippen LogP contribution in [0.2, 0.25) is 0 Å². The molecule has 20 heavy (non-hydrogen) atoms. The normalized spacial score (nSPS) is 20.9. The molecule has 104 valence electrons.